The molecule has 194 valence electrons. The lowest BCUT2D eigenvalue weighted by atomic mass is 9.94. The summed E-state index contributed by atoms with van der Waals surface area (Å²) in [5.41, 5.74) is 2.15. The van der Waals surface area contributed by atoms with Gasteiger partial charge in [-0.2, -0.15) is 0 Å². The van der Waals surface area contributed by atoms with Crippen LogP contribution in [0.2, 0.25) is 0 Å². The van der Waals surface area contributed by atoms with Gasteiger partial charge in [0.2, 0.25) is 5.91 Å². The molecule has 0 aliphatic carbocycles. The van der Waals surface area contributed by atoms with Crippen molar-refractivity contribution >= 4 is 23.4 Å². The van der Waals surface area contributed by atoms with E-state index in [4.69, 9.17) is 0 Å². The molecule has 1 aliphatic heterocycles. The van der Waals surface area contributed by atoms with Crippen molar-refractivity contribution in [2.24, 2.45) is 0 Å². The molecule has 2 N–H and O–H groups in total. The summed E-state index contributed by atoms with van der Waals surface area (Å²) >= 11 is 0. The third kappa shape index (κ3) is 5.35. The van der Waals surface area contributed by atoms with Crippen LogP contribution in [-0.2, 0) is 24.4 Å². The predicted octanol–water partition coefficient (Wildman–Crippen LogP) is 2.82. The monoisotopic (exact) mass is 502 g/mol. The van der Waals surface area contributed by atoms with E-state index in [2.05, 4.69) is 15.6 Å². The van der Waals surface area contributed by atoms with Gasteiger partial charge in [-0.05, 0) is 36.6 Å². The number of imidazole rings is 1. The highest BCUT2D eigenvalue weighted by molar-refractivity contribution is 6.07. The largest absolute Gasteiger partial charge is 0.378 e. The SMILES string of the molecule is CCCN1C(=O)c2c(C(=O)NCc3ccc(N(C)C)cc3)ncn2C[C@]1(C)C(=O)NCc1ccccc1. The summed E-state index contributed by atoms with van der Waals surface area (Å²) < 4.78 is 1.62. The molecule has 9 nitrogen and oxygen atoms in total. The third-order valence-electron chi connectivity index (χ3n) is 6.71. The van der Waals surface area contributed by atoms with Crippen LogP contribution in [0.25, 0.3) is 0 Å². The fourth-order valence-electron chi connectivity index (χ4n) is 4.57. The number of hydrogen-bond acceptors (Lipinski definition) is 5. The Morgan fingerprint density at radius 1 is 1.00 bits per heavy atom. The van der Waals surface area contributed by atoms with Gasteiger partial charge in [0.25, 0.3) is 11.8 Å². The van der Waals surface area contributed by atoms with Crippen LogP contribution in [0.5, 0.6) is 0 Å². The van der Waals surface area contributed by atoms with Crippen molar-refractivity contribution in [1.29, 1.82) is 0 Å². The zero-order chi connectivity index (χ0) is 26.6. The van der Waals surface area contributed by atoms with E-state index in [1.165, 1.54) is 6.33 Å². The van der Waals surface area contributed by atoms with E-state index >= 15 is 0 Å². The van der Waals surface area contributed by atoms with Crippen LogP contribution < -0.4 is 15.5 Å². The molecule has 0 saturated heterocycles. The first-order chi connectivity index (χ1) is 17.7. The van der Waals surface area contributed by atoms with Gasteiger partial charge in [0, 0.05) is 39.4 Å². The van der Waals surface area contributed by atoms with E-state index in [-0.39, 0.29) is 29.7 Å². The number of nitrogens with one attached hydrogen (secondary N) is 2. The van der Waals surface area contributed by atoms with Gasteiger partial charge in [-0.3, -0.25) is 14.4 Å². The fraction of sp³-hybridized carbons (Fsp3) is 0.357. The van der Waals surface area contributed by atoms with Gasteiger partial charge in [-0.25, -0.2) is 4.98 Å². The van der Waals surface area contributed by atoms with Crippen molar-refractivity contribution in [2.75, 3.05) is 25.5 Å². The summed E-state index contributed by atoms with van der Waals surface area (Å²) in [6.07, 6.45) is 2.14. The molecular formula is C28H34N6O3. The molecule has 1 aromatic heterocycles. The van der Waals surface area contributed by atoms with Gasteiger partial charge in [-0.1, -0.05) is 49.4 Å². The standard InChI is InChI=1S/C28H34N6O3/c1-5-15-34-26(36)24-23(25(35)29-16-21-11-13-22(14-12-21)32(3)4)31-19-33(24)18-28(34,2)27(37)30-17-20-9-7-6-8-10-20/h6-14,19H,5,15-18H2,1-4H3,(H,29,35)(H,30,37)/t28-/m1/s1. The molecule has 0 spiro atoms. The number of fused-ring (bicyclic) bond motifs is 1. The number of carbonyl (C=O) groups is 3. The minimum atomic E-state index is -1.11. The summed E-state index contributed by atoms with van der Waals surface area (Å²) in [5.74, 6) is -1.04. The maximum absolute atomic E-state index is 13.7. The van der Waals surface area contributed by atoms with E-state index in [1.807, 2.05) is 80.5 Å². The average molecular weight is 503 g/mol. The van der Waals surface area contributed by atoms with E-state index in [1.54, 1.807) is 16.4 Å². The molecule has 0 radical (unpaired) electrons. The van der Waals surface area contributed by atoms with Gasteiger partial charge in [0.1, 0.15) is 11.2 Å². The number of hydrogen-bond donors (Lipinski definition) is 2. The average Bonchev–Trinajstić information content (AvgIpc) is 3.32. The van der Waals surface area contributed by atoms with Gasteiger partial charge in [0.05, 0.1) is 12.9 Å². The number of amides is 3. The number of anilines is 1. The van der Waals surface area contributed by atoms with Crippen molar-refractivity contribution in [3.63, 3.8) is 0 Å². The first-order valence-electron chi connectivity index (χ1n) is 12.5. The lowest BCUT2D eigenvalue weighted by Gasteiger charge is -2.43. The van der Waals surface area contributed by atoms with Gasteiger partial charge in [0.15, 0.2) is 5.69 Å². The third-order valence-corrected chi connectivity index (χ3v) is 6.71. The number of rotatable bonds is 9. The molecule has 2 heterocycles. The van der Waals surface area contributed by atoms with Crippen molar-refractivity contribution in [1.82, 2.24) is 25.1 Å². The summed E-state index contributed by atoms with van der Waals surface area (Å²) in [5, 5.41) is 5.85. The predicted molar refractivity (Wildman–Crippen MR) is 142 cm³/mol. The zero-order valence-electron chi connectivity index (χ0n) is 21.8. The zero-order valence-corrected chi connectivity index (χ0v) is 21.8. The van der Waals surface area contributed by atoms with Crippen LogP contribution in [0.3, 0.4) is 0 Å². The number of carbonyl (C=O) groups excluding carboxylic acids is 3. The van der Waals surface area contributed by atoms with E-state index < -0.39 is 11.4 Å². The molecule has 9 heteroatoms. The lowest BCUT2D eigenvalue weighted by Crippen LogP contribution is -2.64. The minimum Gasteiger partial charge on any atom is -0.378 e. The number of nitrogens with zero attached hydrogens (tertiary/aromatic N) is 4. The lowest BCUT2D eigenvalue weighted by molar-refractivity contribution is -0.133. The molecule has 3 amide bonds. The minimum absolute atomic E-state index is 0.0720. The molecule has 0 fully saturated rings. The quantitative estimate of drug-likeness (QED) is 0.469. The highest BCUT2D eigenvalue weighted by Gasteiger charge is 2.48. The highest BCUT2D eigenvalue weighted by atomic mass is 16.2. The molecule has 3 aromatic rings. The van der Waals surface area contributed by atoms with Crippen molar-refractivity contribution in [3.05, 3.63) is 83.4 Å². The van der Waals surface area contributed by atoms with E-state index in [0.717, 1.165) is 16.8 Å². The Balaban J connectivity index is 1.51. The summed E-state index contributed by atoms with van der Waals surface area (Å²) in [4.78, 5) is 47.9. The molecule has 0 unspecified atom stereocenters. The molecule has 1 aliphatic rings. The van der Waals surface area contributed by atoms with Crippen molar-refractivity contribution in [2.45, 2.75) is 45.4 Å². The highest BCUT2D eigenvalue weighted by Crippen LogP contribution is 2.29. The van der Waals surface area contributed by atoms with Gasteiger partial charge < -0.3 is 25.0 Å². The second-order valence-corrected chi connectivity index (χ2v) is 9.71. The van der Waals surface area contributed by atoms with Crippen LogP contribution in [0, 0.1) is 0 Å². The first-order valence-corrected chi connectivity index (χ1v) is 12.5. The Morgan fingerprint density at radius 3 is 2.30 bits per heavy atom. The second kappa shape index (κ2) is 10.9. The van der Waals surface area contributed by atoms with Crippen LogP contribution >= 0.6 is 0 Å². The molecule has 37 heavy (non-hydrogen) atoms. The first kappa shape index (κ1) is 25.9. The number of aromatic nitrogens is 2. The summed E-state index contributed by atoms with van der Waals surface area (Å²) in [7, 11) is 3.94. The molecule has 1 atom stereocenters. The molecule has 4 rings (SSSR count). The normalized spacial score (nSPS) is 16.8. The van der Waals surface area contributed by atoms with Crippen LogP contribution in [0.1, 0.15) is 52.4 Å². The van der Waals surface area contributed by atoms with Crippen LogP contribution in [0.15, 0.2) is 60.9 Å². The summed E-state index contributed by atoms with van der Waals surface area (Å²) in [6.45, 7) is 4.99. The Morgan fingerprint density at radius 2 is 1.65 bits per heavy atom. The topological polar surface area (TPSA) is 99.6 Å². The molecule has 2 aromatic carbocycles. The molecular weight excluding hydrogens is 468 g/mol. The van der Waals surface area contributed by atoms with Gasteiger partial charge >= 0.3 is 0 Å². The van der Waals surface area contributed by atoms with Crippen LogP contribution in [0.4, 0.5) is 5.69 Å². The summed E-state index contributed by atoms with van der Waals surface area (Å²) in [6, 6.07) is 17.5. The Kier molecular flexibility index (Phi) is 7.61. The Labute approximate surface area is 217 Å². The second-order valence-electron chi connectivity index (χ2n) is 9.71. The fourth-order valence-corrected chi connectivity index (χ4v) is 4.57. The van der Waals surface area contributed by atoms with Crippen molar-refractivity contribution in [3.8, 4) is 0 Å². The molecule has 0 saturated carbocycles. The smallest absolute Gasteiger partial charge is 0.273 e. The maximum Gasteiger partial charge on any atom is 0.273 e. The van der Waals surface area contributed by atoms with Crippen molar-refractivity contribution < 1.29 is 14.4 Å². The molecule has 0 bridgehead atoms. The number of benzene rings is 2. The maximum atomic E-state index is 13.7. The Bertz CT molecular complexity index is 1270. The van der Waals surface area contributed by atoms with Crippen LogP contribution in [-0.4, -0.2) is 58.4 Å². The van der Waals surface area contributed by atoms with Gasteiger partial charge in [-0.15, -0.1) is 0 Å². The van der Waals surface area contributed by atoms with E-state index in [9.17, 15) is 14.4 Å². The van der Waals surface area contributed by atoms with E-state index in [0.29, 0.717) is 26.1 Å². The Hall–Kier alpha value is -4.14.